The van der Waals surface area contributed by atoms with E-state index >= 15 is 0 Å². The van der Waals surface area contributed by atoms with Gasteiger partial charge in [0.2, 0.25) is 0 Å². The van der Waals surface area contributed by atoms with Crippen molar-refractivity contribution in [2.24, 2.45) is 0 Å². The molecule has 0 atom stereocenters. The lowest BCUT2D eigenvalue weighted by Gasteiger charge is -2.27. The van der Waals surface area contributed by atoms with E-state index in [1.54, 1.807) is 54.6 Å². The average molecular weight is 460 g/mol. The molecule has 3 aromatic rings. The van der Waals surface area contributed by atoms with Crippen LogP contribution in [0.15, 0.2) is 82.9 Å². The minimum atomic E-state index is -0.437. The Labute approximate surface area is 180 Å². The molecule has 0 fully saturated rings. The third-order valence-corrected chi connectivity index (χ3v) is 5.86. The first kappa shape index (κ1) is 18.5. The summed E-state index contributed by atoms with van der Waals surface area (Å²) < 4.78 is 6.19. The summed E-state index contributed by atoms with van der Waals surface area (Å²) in [6.45, 7) is 0. The fourth-order valence-corrected chi connectivity index (χ4v) is 4.20. The number of carbonyl (C=O) groups excluding carboxylic acids is 3. The summed E-state index contributed by atoms with van der Waals surface area (Å²) in [6, 6.07) is 15.3. The summed E-state index contributed by atoms with van der Waals surface area (Å²) >= 11 is 3.48. The average Bonchev–Trinajstić information content (AvgIpc) is 3.29. The van der Waals surface area contributed by atoms with Gasteiger partial charge in [0.05, 0.1) is 11.3 Å². The number of halogens is 1. The van der Waals surface area contributed by atoms with Gasteiger partial charge in [-0.2, -0.15) is 0 Å². The normalized spacial score (nSPS) is 15.0. The van der Waals surface area contributed by atoms with Crippen molar-refractivity contribution in [1.29, 1.82) is 0 Å². The third kappa shape index (κ3) is 2.88. The molecule has 6 heteroatoms. The van der Waals surface area contributed by atoms with Gasteiger partial charge in [0, 0.05) is 21.0 Å². The molecule has 0 bridgehead atoms. The molecule has 30 heavy (non-hydrogen) atoms. The van der Waals surface area contributed by atoms with E-state index in [0.717, 1.165) is 14.8 Å². The van der Waals surface area contributed by atoms with E-state index in [2.05, 4.69) is 15.9 Å². The van der Waals surface area contributed by atoms with E-state index in [-0.39, 0.29) is 11.8 Å². The van der Waals surface area contributed by atoms with E-state index in [4.69, 9.17) is 4.74 Å². The predicted octanol–water partition coefficient (Wildman–Crippen LogP) is 5.19. The van der Waals surface area contributed by atoms with E-state index in [9.17, 15) is 14.4 Å². The Morgan fingerprint density at radius 1 is 0.933 bits per heavy atom. The molecular formula is C24H14BrNO4. The first-order valence-electron chi connectivity index (χ1n) is 9.33. The van der Waals surface area contributed by atoms with Crippen LogP contribution in [0.4, 0.5) is 5.69 Å². The van der Waals surface area contributed by atoms with E-state index < -0.39 is 5.97 Å². The molecule has 0 saturated heterocycles. The summed E-state index contributed by atoms with van der Waals surface area (Å²) in [5, 5.41) is 1.48. The van der Waals surface area contributed by atoms with Crippen LogP contribution in [0.2, 0.25) is 0 Å². The predicted molar refractivity (Wildman–Crippen MR) is 117 cm³/mol. The molecule has 2 aliphatic rings. The largest absolute Gasteiger partial charge is 0.423 e. The molecular weight excluding hydrogens is 446 g/mol. The maximum Gasteiger partial charge on any atom is 0.343 e. The van der Waals surface area contributed by atoms with E-state index in [1.807, 2.05) is 18.2 Å². The van der Waals surface area contributed by atoms with Crippen molar-refractivity contribution in [3.8, 4) is 5.75 Å². The van der Waals surface area contributed by atoms with Gasteiger partial charge in [0.1, 0.15) is 5.75 Å². The number of imide groups is 1. The first-order chi connectivity index (χ1) is 14.5. The number of rotatable bonds is 3. The lowest BCUT2D eigenvalue weighted by Crippen LogP contribution is -2.40. The van der Waals surface area contributed by atoms with Crippen molar-refractivity contribution in [3.05, 3.63) is 94.0 Å². The molecule has 1 aliphatic heterocycles. The Hall–Kier alpha value is -3.51. The highest BCUT2D eigenvalue weighted by molar-refractivity contribution is 9.10. The second kappa shape index (κ2) is 7.07. The van der Waals surface area contributed by atoms with E-state index in [1.165, 1.54) is 0 Å². The zero-order chi connectivity index (χ0) is 20.8. The molecule has 0 unspecified atom stereocenters. The van der Waals surface area contributed by atoms with Gasteiger partial charge in [0.25, 0.3) is 11.8 Å². The van der Waals surface area contributed by atoms with Crippen molar-refractivity contribution < 1.29 is 19.1 Å². The highest BCUT2D eigenvalue weighted by Gasteiger charge is 2.34. The Bertz CT molecular complexity index is 1280. The number of nitrogens with zero attached hydrogens (tertiary/aromatic N) is 1. The molecule has 2 amide bonds. The second-order valence-corrected chi connectivity index (χ2v) is 7.80. The van der Waals surface area contributed by atoms with Crippen LogP contribution < -0.4 is 9.64 Å². The Morgan fingerprint density at radius 3 is 2.37 bits per heavy atom. The summed E-state index contributed by atoms with van der Waals surface area (Å²) in [4.78, 5) is 39.6. The van der Waals surface area contributed by atoms with Crippen molar-refractivity contribution >= 4 is 50.2 Å². The second-order valence-electron chi connectivity index (χ2n) is 6.95. The number of hydrogen-bond acceptors (Lipinski definition) is 4. The van der Waals surface area contributed by atoms with Gasteiger partial charge in [-0.3, -0.25) is 9.59 Å². The van der Waals surface area contributed by atoms with Crippen molar-refractivity contribution in [1.82, 2.24) is 0 Å². The molecule has 0 radical (unpaired) electrons. The Kier molecular flexibility index (Phi) is 4.37. The lowest BCUT2D eigenvalue weighted by molar-refractivity contribution is -0.129. The standard InChI is InChI=1S/C24H14BrNO4/c25-20-13-12-19-21-17(20)6-3-7-18(21)22(27)26(23(19)28)15-8-10-16(11-9-15)30-24(29)14-4-1-2-5-14/h1,3-13H,2H2. The van der Waals surface area contributed by atoms with Crippen LogP contribution in [0.5, 0.6) is 5.75 Å². The molecule has 0 spiro atoms. The zero-order valence-electron chi connectivity index (χ0n) is 15.6. The van der Waals surface area contributed by atoms with Crippen LogP contribution in [0.1, 0.15) is 27.1 Å². The molecule has 5 nitrogen and oxygen atoms in total. The van der Waals surface area contributed by atoms with Gasteiger partial charge in [-0.05, 0) is 54.3 Å². The monoisotopic (exact) mass is 459 g/mol. The number of allylic oxidation sites excluding steroid dienone is 2. The number of anilines is 1. The zero-order valence-corrected chi connectivity index (χ0v) is 17.2. The van der Waals surface area contributed by atoms with Crippen molar-refractivity contribution in [2.75, 3.05) is 4.90 Å². The Balaban J connectivity index is 1.48. The van der Waals surface area contributed by atoms with Crippen LogP contribution in [-0.4, -0.2) is 17.8 Å². The summed E-state index contributed by atoms with van der Waals surface area (Å²) in [5.74, 6) is -0.870. The van der Waals surface area contributed by atoms with Crippen molar-refractivity contribution in [3.63, 3.8) is 0 Å². The van der Waals surface area contributed by atoms with Gasteiger partial charge < -0.3 is 4.74 Å². The summed E-state index contributed by atoms with van der Waals surface area (Å²) in [7, 11) is 0. The number of ether oxygens (including phenoxy) is 1. The number of benzene rings is 3. The smallest absolute Gasteiger partial charge is 0.343 e. The maximum absolute atomic E-state index is 13.2. The van der Waals surface area contributed by atoms with Gasteiger partial charge in [-0.15, -0.1) is 0 Å². The van der Waals surface area contributed by atoms with Crippen LogP contribution in [0, 0.1) is 0 Å². The minimum Gasteiger partial charge on any atom is -0.423 e. The summed E-state index contributed by atoms with van der Waals surface area (Å²) in [6.07, 6.45) is 6.11. The van der Waals surface area contributed by atoms with Crippen LogP contribution in [-0.2, 0) is 4.79 Å². The molecule has 0 aromatic heterocycles. The van der Waals surface area contributed by atoms with Gasteiger partial charge in [0.15, 0.2) is 0 Å². The maximum atomic E-state index is 13.2. The first-order valence-corrected chi connectivity index (χ1v) is 10.1. The van der Waals surface area contributed by atoms with Crippen LogP contribution in [0.25, 0.3) is 10.8 Å². The molecule has 5 rings (SSSR count). The number of hydrogen-bond donors (Lipinski definition) is 0. The lowest BCUT2D eigenvalue weighted by atomic mass is 9.94. The number of amides is 2. The summed E-state index contributed by atoms with van der Waals surface area (Å²) in [5.41, 5.74) is 1.87. The quantitative estimate of drug-likeness (QED) is 0.307. The highest BCUT2D eigenvalue weighted by Crippen LogP contribution is 2.36. The fraction of sp³-hybridized carbons (Fsp3) is 0.0417. The molecule has 0 saturated carbocycles. The van der Waals surface area contributed by atoms with Crippen molar-refractivity contribution in [2.45, 2.75) is 6.42 Å². The SMILES string of the molecule is O=C(Oc1ccc(N2C(=O)c3cccc4c(Br)ccc(c34)C2=O)cc1)C1=CCC=C1. The fourth-order valence-electron chi connectivity index (χ4n) is 3.73. The third-order valence-electron chi connectivity index (χ3n) is 5.17. The van der Waals surface area contributed by atoms with Crippen LogP contribution in [0.3, 0.4) is 0 Å². The van der Waals surface area contributed by atoms with E-state index in [0.29, 0.717) is 39.9 Å². The van der Waals surface area contributed by atoms with Crippen LogP contribution >= 0.6 is 15.9 Å². The highest BCUT2D eigenvalue weighted by atomic mass is 79.9. The molecule has 146 valence electrons. The molecule has 1 heterocycles. The molecule has 1 aliphatic carbocycles. The van der Waals surface area contributed by atoms with Gasteiger partial charge in [-0.1, -0.05) is 46.3 Å². The Morgan fingerprint density at radius 2 is 1.67 bits per heavy atom. The molecule has 0 N–H and O–H groups in total. The topological polar surface area (TPSA) is 63.7 Å². The minimum absolute atomic E-state index is 0.341. The van der Waals surface area contributed by atoms with Gasteiger partial charge in [-0.25, -0.2) is 9.69 Å². The number of esters is 1. The molecule has 3 aromatic carbocycles. The number of carbonyl (C=O) groups is 3. The van der Waals surface area contributed by atoms with Gasteiger partial charge >= 0.3 is 5.97 Å².